The van der Waals surface area contributed by atoms with Gasteiger partial charge in [0.25, 0.3) is 5.56 Å². The monoisotopic (exact) mass is 578 g/mol. The predicted molar refractivity (Wildman–Crippen MR) is 153 cm³/mol. The third-order valence-corrected chi connectivity index (χ3v) is 6.51. The maximum atomic E-state index is 13.5. The van der Waals surface area contributed by atoms with Crippen molar-refractivity contribution in [3.05, 3.63) is 86.1 Å². The average molecular weight is 579 g/mol. The summed E-state index contributed by atoms with van der Waals surface area (Å²) in [5, 5.41) is 5.13. The van der Waals surface area contributed by atoms with Gasteiger partial charge in [-0.1, -0.05) is 36.7 Å². The Morgan fingerprint density at radius 2 is 1.82 bits per heavy atom. The van der Waals surface area contributed by atoms with Crippen LogP contribution in [0.2, 0.25) is 0 Å². The van der Waals surface area contributed by atoms with E-state index < -0.39 is 11.4 Å². The number of nitrogens with zero attached hydrogens (tertiary/aromatic N) is 4. The Kier molecular flexibility index (Phi) is 7.87. The zero-order valence-electron chi connectivity index (χ0n) is 22.4. The number of aromatic nitrogens is 3. The molecule has 0 atom stereocenters. The molecular formula is C29H31BrN4O4. The molecule has 0 aliphatic rings. The van der Waals surface area contributed by atoms with Crippen LogP contribution in [0.1, 0.15) is 50.5 Å². The average Bonchev–Trinajstić information content (AvgIpc) is 3.15. The van der Waals surface area contributed by atoms with Gasteiger partial charge in [-0.05, 0) is 69.3 Å². The molecule has 38 heavy (non-hydrogen) atoms. The molecule has 8 nitrogen and oxygen atoms in total. The molecule has 198 valence electrons. The Balaban J connectivity index is 1.67. The summed E-state index contributed by atoms with van der Waals surface area (Å²) in [6, 6.07) is 15.0. The lowest BCUT2D eigenvalue weighted by atomic mass is 9.95. The van der Waals surface area contributed by atoms with E-state index in [1.54, 1.807) is 19.2 Å². The van der Waals surface area contributed by atoms with Crippen molar-refractivity contribution >= 4 is 39.0 Å². The molecule has 0 saturated heterocycles. The minimum atomic E-state index is -0.402. The third kappa shape index (κ3) is 5.72. The Morgan fingerprint density at radius 3 is 2.47 bits per heavy atom. The van der Waals surface area contributed by atoms with Crippen molar-refractivity contribution < 1.29 is 14.3 Å². The fourth-order valence-corrected chi connectivity index (χ4v) is 4.57. The Hall–Kier alpha value is -3.72. The van der Waals surface area contributed by atoms with Gasteiger partial charge in [-0.2, -0.15) is 9.78 Å². The highest BCUT2D eigenvalue weighted by Crippen LogP contribution is 2.24. The Labute approximate surface area is 230 Å². The number of fused-ring (bicyclic) bond motifs is 1. The Morgan fingerprint density at radius 1 is 1.11 bits per heavy atom. The molecule has 4 rings (SSSR count). The predicted octanol–water partition coefficient (Wildman–Crippen LogP) is 5.69. The summed E-state index contributed by atoms with van der Waals surface area (Å²) in [5.41, 5.74) is 3.82. The Bertz CT molecular complexity index is 1580. The number of rotatable bonds is 7. The first-order chi connectivity index (χ1) is 18.0. The lowest BCUT2D eigenvalue weighted by Crippen LogP contribution is -2.29. The van der Waals surface area contributed by atoms with Crippen LogP contribution in [0.25, 0.3) is 16.6 Å². The molecule has 4 aromatic rings. The normalized spacial score (nSPS) is 11.9. The minimum Gasteiger partial charge on any atom is -0.482 e. The van der Waals surface area contributed by atoms with Crippen LogP contribution in [-0.2, 0) is 14.9 Å². The SMILES string of the molecule is CCOC(=O)COc1ccc(-n2c(C)cc(C=Nn3c(C(C)(C)C)nc4ccc(Br)cc4c3=O)c2C)cc1. The zero-order chi connectivity index (χ0) is 27.6. The number of hydrogen-bond donors (Lipinski definition) is 0. The molecule has 0 fully saturated rings. The van der Waals surface area contributed by atoms with Crippen molar-refractivity contribution in [3.8, 4) is 11.4 Å². The van der Waals surface area contributed by atoms with Crippen LogP contribution < -0.4 is 10.3 Å². The summed E-state index contributed by atoms with van der Waals surface area (Å²) >= 11 is 3.45. The van der Waals surface area contributed by atoms with Gasteiger partial charge in [-0.25, -0.2) is 9.78 Å². The van der Waals surface area contributed by atoms with Gasteiger partial charge in [-0.15, -0.1) is 0 Å². The van der Waals surface area contributed by atoms with Crippen molar-refractivity contribution in [1.82, 2.24) is 14.2 Å². The molecule has 0 spiro atoms. The summed E-state index contributed by atoms with van der Waals surface area (Å²) in [6.45, 7) is 12.0. The molecule has 0 saturated carbocycles. The van der Waals surface area contributed by atoms with Crippen LogP contribution >= 0.6 is 15.9 Å². The molecule has 0 N–H and O–H groups in total. The lowest BCUT2D eigenvalue weighted by Gasteiger charge is -2.20. The summed E-state index contributed by atoms with van der Waals surface area (Å²) in [7, 11) is 0. The van der Waals surface area contributed by atoms with Gasteiger partial charge in [0.1, 0.15) is 11.6 Å². The fraction of sp³-hybridized carbons (Fsp3) is 0.310. The summed E-state index contributed by atoms with van der Waals surface area (Å²) in [5.74, 6) is 0.761. The minimum absolute atomic E-state index is 0.133. The van der Waals surface area contributed by atoms with Gasteiger partial charge < -0.3 is 14.0 Å². The van der Waals surface area contributed by atoms with Crippen molar-refractivity contribution in [3.63, 3.8) is 0 Å². The molecule has 2 aromatic carbocycles. The van der Waals surface area contributed by atoms with E-state index in [0.29, 0.717) is 29.1 Å². The maximum absolute atomic E-state index is 13.5. The van der Waals surface area contributed by atoms with E-state index in [4.69, 9.17) is 14.5 Å². The smallest absolute Gasteiger partial charge is 0.344 e. The number of carbonyl (C=O) groups is 1. The fourth-order valence-electron chi connectivity index (χ4n) is 4.21. The molecule has 0 aliphatic heterocycles. The first-order valence-electron chi connectivity index (χ1n) is 12.3. The molecule has 0 amide bonds. The van der Waals surface area contributed by atoms with E-state index in [9.17, 15) is 9.59 Å². The van der Waals surface area contributed by atoms with Crippen LogP contribution in [0.4, 0.5) is 0 Å². The van der Waals surface area contributed by atoms with Crippen molar-refractivity contribution in [2.75, 3.05) is 13.2 Å². The summed E-state index contributed by atoms with van der Waals surface area (Å²) in [6.07, 6.45) is 1.71. The quantitative estimate of drug-likeness (QED) is 0.208. The summed E-state index contributed by atoms with van der Waals surface area (Å²) in [4.78, 5) is 29.8. The molecule has 2 heterocycles. The van der Waals surface area contributed by atoms with E-state index in [1.165, 1.54) is 4.68 Å². The highest BCUT2D eigenvalue weighted by molar-refractivity contribution is 9.10. The second-order valence-corrected chi connectivity index (χ2v) is 10.9. The highest BCUT2D eigenvalue weighted by Gasteiger charge is 2.23. The van der Waals surface area contributed by atoms with Crippen LogP contribution in [0.3, 0.4) is 0 Å². The molecule has 9 heteroatoms. The number of halogens is 1. The molecule has 0 radical (unpaired) electrons. The second-order valence-electron chi connectivity index (χ2n) is 9.96. The van der Waals surface area contributed by atoms with Crippen LogP contribution in [0, 0.1) is 13.8 Å². The van der Waals surface area contributed by atoms with Crippen molar-refractivity contribution in [2.24, 2.45) is 5.10 Å². The van der Waals surface area contributed by atoms with Gasteiger partial charge in [-0.3, -0.25) is 4.79 Å². The van der Waals surface area contributed by atoms with Gasteiger partial charge >= 0.3 is 5.97 Å². The number of carbonyl (C=O) groups excluding carboxylic acids is 1. The lowest BCUT2D eigenvalue weighted by molar-refractivity contribution is -0.145. The van der Waals surface area contributed by atoms with E-state index in [1.807, 2.05) is 77.1 Å². The number of ether oxygens (including phenoxy) is 2. The molecule has 2 aromatic heterocycles. The van der Waals surface area contributed by atoms with Crippen molar-refractivity contribution in [2.45, 2.75) is 47.0 Å². The first kappa shape index (κ1) is 27.3. The number of hydrogen-bond acceptors (Lipinski definition) is 6. The van der Waals surface area contributed by atoms with Crippen LogP contribution in [0.5, 0.6) is 5.75 Å². The second kappa shape index (κ2) is 10.9. The number of benzene rings is 2. The number of esters is 1. The van der Waals surface area contributed by atoms with E-state index in [0.717, 1.165) is 27.1 Å². The molecule has 0 bridgehead atoms. The zero-order valence-corrected chi connectivity index (χ0v) is 24.0. The van der Waals surface area contributed by atoms with Gasteiger partial charge in [0.15, 0.2) is 6.61 Å². The largest absolute Gasteiger partial charge is 0.482 e. The number of aryl methyl sites for hydroxylation is 1. The molecule has 0 aliphatic carbocycles. The molecular weight excluding hydrogens is 548 g/mol. The van der Waals surface area contributed by atoms with E-state index in [2.05, 4.69) is 25.6 Å². The maximum Gasteiger partial charge on any atom is 0.344 e. The van der Waals surface area contributed by atoms with Gasteiger partial charge in [0.05, 0.1) is 23.7 Å². The standard InChI is InChI=1S/C29H31BrN4O4/c1-7-37-26(35)17-38-23-11-9-22(10-12-23)33-18(2)14-20(19(33)3)16-31-34-27(36)24-15-21(30)8-13-25(24)32-28(34)29(4,5)6/h8-16H,7,17H2,1-6H3. The highest BCUT2D eigenvalue weighted by atomic mass is 79.9. The summed E-state index contributed by atoms with van der Waals surface area (Å²) < 4.78 is 14.7. The van der Waals surface area contributed by atoms with Crippen LogP contribution in [0.15, 0.2) is 62.9 Å². The van der Waals surface area contributed by atoms with Gasteiger partial charge in [0.2, 0.25) is 0 Å². The topological polar surface area (TPSA) is 87.7 Å². The van der Waals surface area contributed by atoms with Gasteiger partial charge in [0, 0.05) is 32.5 Å². The third-order valence-electron chi connectivity index (χ3n) is 6.02. The first-order valence-corrected chi connectivity index (χ1v) is 13.1. The van der Waals surface area contributed by atoms with E-state index in [-0.39, 0.29) is 12.2 Å². The molecule has 0 unspecified atom stereocenters. The van der Waals surface area contributed by atoms with Crippen molar-refractivity contribution in [1.29, 1.82) is 0 Å². The van der Waals surface area contributed by atoms with Crippen LogP contribution in [-0.4, -0.2) is 39.6 Å². The van der Waals surface area contributed by atoms with E-state index >= 15 is 0 Å².